The molecule has 0 amide bonds. The molecule has 0 saturated carbocycles. The lowest BCUT2D eigenvalue weighted by Crippen LogP contribution is -2.11. The van der Waals surface area contributed by atoms with Crippen LogP contribution in [0.5, 0.6) is 0 Å². The Hall–Kier alpha value is -2.55. The van der Waals surface area contributed by atoms with Gasteiger partial charge in [-0.2, -0.15) is 5.26 Å². The lowest BCUT2D eigenvalue weighted by atomic mass is 10.1. The number of rotatable bonds is 3. The third-order valence-electron chi connectivity index (χ3n) is 3.01. The number of halogens is 4. The largest absolute Gasteiger partial charge is 0.374 e. The van der Waals surface area contributed by atoms with Crippen LogP contribution < -0.4 is 5.32 Å². The van der Waals surface area contributed by atoms with Crippen molar-refractivity contribution in [2.24, 2.45) is 0 Å². The summed E-state index contributed by atoms with van der Waals surface area (Å²) in [6.45, 7) is 1.57. The van der Waals surface area contributed by atoms with Crippen LogP contribution in [0.2, 0.25) is 0 Å². The van der Waals surface area contributed by atoms with E-state index >= 15 is 0 Å². The highest BCUT2D eigenvalue weighted by Crippen LogP contribution is 2.28. The molecule has 1 N–H and O–H groups in total. The highest BCUT2D eigenvalue weighted by molar-refractivity contribution is 5.49. The van der Waals surface area contributed by atoms with Gasteiger partial charge in [0.25, 0.3) is 0 Å². The van der Waals surface area contributed by atoms with Gasteiger partial charge >= 0.3 is 0 Å². The second kappa shape index (κ2) is 5.83. The first-order valence-corrected chi connectivity index (χ1v) is 6.03. The van der Waals surface area contributed by atoms with E-state index in [1.807, 2.05) is 6.07 Å². The molecule has 0 heterocycles. The Morgan fingerprint density at radius 3 is 2.00 bits per heavy atom. The van der Waals surface area contributed by atoms with Crippen LogP contribution >= 0.6 is 0 Å². The van der Waals surface area contributed by atoms with Gasteiger partial charge in [-0.25, -0.2) is 17.6 Å². The van der Waals surface area contributed by atoms with Crippen molar-refractivity contribution < 1.29 is 17.6 Å². The van der Waals surface area contributed by atoms with Gasteiger partial charge in [-0.3, -0.25) is 0 Å². The van der Waals surface area contributed by atoms with E-state index in [2.05, 4.69) is 5.32 Å². The molecule has 2 aromatic carbocycles. The molecular weight excluding hydrogens is 284 g/mol. The topological polar surface area (TPSA) is 35.8 Å². The van der Waals surface area contributed by atoms with Gasteiger partial charge < -0.3 is 5.32 Å². The number of benzene rings is 2. The summed E-state index contributed by atoms with van der Waals surface area (Å²) in [6, 6.07) is 7.72. The van der Waals surface area contributed by atoms with Gasteiger partial charge in [0.1, 0.15) is 5.69 Å². The number of nitriles is 1. The lowest BCUT2D eigenvalue weighted by molar-refractivity contribution is 0.457. The zero-order chi connectivity index (χ0) is 15.6. The third kappa shape index (κ3) is 2.97. The highest BCUT2D eigenvalue weighted by Gasteiger charge is 2.20. The highest BCUT2D eigenvalue weighted by atomic mass is 19.2. The summed E-state index contributed by atoms with van der Waals surface area (Å²) in [5.41, 5.74) is 0.182. The van der Waals surface area contributed by atoms with E-state index in [0.717, 1.165) is 0 Å². The van der Waals surface area contributed by atoms with Gasteiger partial charge in [-0.15, -0.1) is 0 Å². The molecule has 6 heteroatoms. The molecule has 0 aromatic heterocycles. The molecule has 0 fully saturated rings. The zero-order valence-corrected chi connectivity index (χ0v) is 10.9. The van der Waals surface area contributed by atoms with E-state index < -0.39 is 35.0 Å². The summed E-state index contributed by atoms with van der Waals surface area (Å²) >= 11 is 0. The number of anilines is 1. The van der Waals surface area contributed by atoms with E-state index in [-0.39, 0.29) is 6.07 Å². The lowest BCUT2D eigenvalue weighted by Gasteiger charge is -2.17. The Morgan fingerprint density at radius 2 is 1.52 bits per heavy atom. The average molecular weight is 294 g/mol. The predicted octanol–water partition coefficient (Wildman–Crippen LogP) is 4.29. The first-order chi connectivity index (χ1) is 9.93. The summed E-state index contributed by atoms with van der Waals surface area (Å²) in [5.74, 6) is -5.89. The van der Waals surface area contributed by atoms with Crippen LogP contribution in [-0.4, -0.2) is 0 Å². The Balaban J connectivity index is 2.31. The quantitative estimate of drug-likeness (QED) is 0.677. The van der Waals surface area contributed by atoms with E-state index in [9.17, 15) is 17.6 Å². The minimum Gasteiger partial charge on any atom is -0.374 e. The summed E-state index contributed by atoms with van der Waals surface area (Å²) in [5, 5.41) is 11.1. The van der Waals surface area contributed by atoms with Crippen molar-refractivity contribution in [1.29, 1.82) is 5.26 Å². The minimum absolute atomic E-state index is 0.155. The Labute approximate surface area is 118 Å². The molecule has 21 heavy (non-hydrogen) atoms. The second-order valence-corrected chi connectivity index (χ2v) is 4.44. The van der Waals surface area contributed by atoms with Crippen LogP contribution in [0.4, 0.5) is 23.2 Å². The van der Waals surface area contributed by atoms with E-state index in [0.29, 0.717) is 11.1 Å². The van der Waals surface area contributed by atoms with Crippen molar-refractivity contribution in [2.75, 3.05) is 5.32 Å². The number of hydrogen-bond acceptors (Lipinski definition) is 2. The summed E-state index contributed by atoms with van der Waals surface area (Å²) in [7, 11) is 0. The Bertz CT molecular complexity index is 679. The van der Waals surface area contributed by atoms with Crippen LogP contribution in [0.3, 0.4) is 0 Å². The maximum atomic E-state index is 13.6. The van der Waals surface area contributed by atoms with E-state index in [1.54, 1.807) is 19.1 Å². The van der Waals surface area contributed by atoms with E-state index in [4.69, 9.17) is 5.26 Å². The molecule has 0 radical (unpaired) electrons. The standard InChI is InChI=1S/C15H10F4N2/c1-8(10-4-2-9(7-20)3-5-10)21-15-13(18)11(16)6-12(17)14(15)19/h2-6,8,21H,1H3. The average Bonchev–Trinajstić information content (AvgIpc) is 2.49. The molecule has 0 saturated heterocycles. The van der Waals surface area contributed by atoms with Gasteiger partial charge in [0.05, 0.1) is 11.6 Å². The summed E-state index contributed by atoms with van der Waals surface area (Å²) in [6.07, 6.45) is 0. The molecular formula is C15H10F4N2. The van der Waals surface area contributed by atoms with Crippen LogP contribution in [0, 0.1) is 34.6 Å². The fourth-order valence-corrected chi connectivity index (χ4v) is 1.85. The number of hydrogen-bond donors (Lipinski definition) is 1. The molecule has 108 valence electrons. The normalized spacial score (nSPS) is 11.8. The van der Waals surface area contributed by atoms with Crippen molar-refractivity contribution in [1.82, 2.24) is 0 Å². The molecule has 0 aliphatic carbocycles. The molecule has 0 aliphatic heterocycles. The van der Waals surface area contributed by atoms with Gasteiger partial charge in [0.2, 0.25) is 0 Å². The van der Waals surface area contributed by atoms with Crippen molar-refractivity contribution >= 4 is 5.69 Å². The molecule has 2 rings (SSSR count). The fraction of sp³-hybridized carbons (Fsp3) is 0.133. The third-order valence-corrected chi connectivity index (χ3v) is 3.01. The van der Waals surface area contributed by atoms with Crippen LogP contribution in [0.1, 0.15) is 24.1 Å². The first-order valence-electron chi connectivity index (χ1n) is 6.03. The monoisotopic (exact) mass is 294 g/mol. The molecule has 2 aromatic rings. The second-order valence-electron chi connectivity index (χ2n) is 4.44. The maximum absolute atomic E-state index is 13.6. The zero-order valence-electron chi connectivity index (χ0n) is 10.9. The van der Waals surface area contributed by atoms with Crippen molar-refractivity contribution in [3.63, 3.8) is 0 Å². The Morgan fingerprint density at radius 1 is 1.00 bits per heavy atom. The summed E-state index contributed by atoms with van der Waals surface area (Å²) in [4.78, 5) is 0. The molecule has 0 bridgehead atoms. The molecule has 0 spiro atoms. The Kier molecular flexibility index (Phi) is 4.13. The van der Waals surface area contributed by atoms with Gasteiger partial charge in [0.15, 0.2) is 23.3 Å². The van der Waals surface area contributed by atoms with Crippen LogP contribution in [0.15, 0.2) is 30.3 Å². The maximum Gasteiger partial charge on any atom is 0.185 e. The predicted molar refractivity (Wildman–Crippen MR) is 69.5 cm³/mol. The fourth-order valence-electron chi connectivity index (χ4n) is 1.85. The first kappa shape index (κ1) is 14.9. The molecule has 1 unspecified atom stereocenters. The summed E-state index contributed by atoms with van der Waals surface area (Å²) < 4.78 is 53.3. The van der Waals surface area contributed by atoms with Crippen molar-refractivity contribution in [3.05, 3.63) is 64.7 Å². The smallest absolute Gasteiger partial charge is 0.185 e. The number of nitrogens with zero attached hydrogens (tertiary/aromatic N) is 1. The van der Waals surface area contributed by atoms with Crippen LogP contribution in [-0.2, 0) is 0 Å². The van der Waals surface area contributed by atoms with Crippen molar-refractivity contribution in [2.45, 2.75) is 13.0 Å². The van der Waals surface area contributed by atoms with Crippen molar-refractivity contribution in [3.8, 4) is 6.07 Å². The molecule has 1 atom stereocenters. The van der Waals surface area contributed by atoms with Gasteiger partial charge in [-0.05, 0) is 24.6 Å². The van der Waals surface area contributed by atoms with E-state index in [1.165, 1.54) is 12.1 Å². The van der Waals surface area contributed by atoms with Gasteiger partial charge in [-0.1, -0.05) is 12.1 Å². The van der Waals surface area contributed by atoms with Gasteiger partial charge in [0, 0.05) is 12.1 Å². The number of nitrogens with one attached hydrogen (secondary N) is 1. The minimum atomic E-state index is -1.48. The molecule has 2 nitrogen and oxygen atoms in total. The van der Waals surface area contributed by atoms with Crippen LogP contribution in [0.25, 0.3) is 0 Å². The SMILES string of the molecule is CC(Nc1c(F)c(F)cc(F)c1F)c1ccc(C#N)cc1. The molecule has 0 aliphatic rings.